The number of carbonyl (C=O) groups excluding carboxylic acids is 2. The molecule has 0 aliphatic carbocycles. The first-order valence-corrected chi connectivity index (χ1v) is 11.4. The largest absolute Gasteiger partial charge is 0.496 e. The van der Waals surface area contributed by atoms with Crippen LogP contribution in [-0.2, 0) is 4.74 Å². The van der Waals surface area contributed by atoms with Crippen LogP contribution in [0.15, 0.2) is 63.5 Å². The first-order valence-electron chi connectivity index (χ1n) is 9.83. The summed E-state index contributed by atoms with van der Waals surface area (Å²) < 4.78 is 17.7. The molecule has 0 atom stereocenters. The van der Waals surface area contributed by atoms with Crippen molar-refractivity contribution < 1.29 is 23.8 Å². The predicted molar refractivity (Wildman–Crippen MR) is 130 cm³/mol. The molecule has 7 heteroatoms. The Hall–Kier alpha value is -2.64. The molecular weight excluding hydrogens is 540 g/mol. The number of ether oxygens (including phenoxy) is 3. The quantitative estimate of drug-likeness (QED) is 0.226. The maximum Gasteiger partial charge on any atom is 0.337 e. The van der Waals surface area contributed by atoms with Crippen molar-refractivity contribution in [1.82, 2.24) is 0 Å². The second kappa shape index (κ2) is 10.3. The van der Waals surface area contributed by atoms with Gasteiger partial charge in [-0.3, -0.25) is 4.79 Å². The van der Waals surface area contributed by atoms with Gasteiger partial charge in [-0.15, -0.1) is 0 Å². The number of hydrogen-bond acceptors (Lipinski definition) is 5. The van der Waals surface area contributed by atoms with Crippen LogP contribution in [0.1, 0.15) is 51.6 Å². The Labute approximate surface area is 203 Å². The van der Waals surface area contributed by atoms with E-state index in [9.17, 15) is 9.59 Å². The molecule has 3 rings (SSSR count). The van der Waals surface area contributed by atoms with Gasteiger partial charge in [-0.1, -0.05) is 44.2 Å². The highest BCUT2D eigenvalue weighted by molar-refractivity contribution is 9.11. The van der Waals surface area contributed by atoms with Gasteiger partial charge in [0.25, 0.3) is 0 Å². The van der Waals surface area contributed by atoms with E-state index in [1.165, 1.54) is 7.11 Å². The van der Waals surface area contributed by atoms with E-state index in [1.54, 1.807) is 37.4 Å². The normalized spacial score (nSPS) is 10.7. The second-order valence-electron chi connectivity index (χ2n) is 7.30. The molecule has 0 radical (unpaired) electrons. The second-order valence-corrected chi connectivity index (χ2v) is 9.01. The molecule has 0 saturated carbocycles. The molecule has 166 valence electrons. The summed E-state index contributed by atoms with van der Waals surface area (Å²) in [4.78, 5) is 25.3. The summed E-state index contributed by atoms with van der Waals surface area (Å²) in [6, 6.07) is 15.7. The molecule has 3 aromatic carbocycles. The van der Waals surface area contributed by atoms with Crippen LogP contribution in [0.4, 0.5) is 0 Å². The van der Waals surface area contributed by atoms with Gasteiger partial charge in [0.1, 0.15) is 11.5 Å². The zero-order valence-corrected chi connectivity index (χ0v) is 21.2. The molecule has 0 saturated heterocycles. The number of rotatable bonds is 7. The molecule has 0 heterocycles. The topological polar surface area (TPSA) is 61.8 Å². The van der Waals surface area contributed by atoms with Crippen molar-refractivity contribution >= 4 is 43.6 Å². The van der Waals surface area contributed by atoms with E-state index in [4.69, 9.17) is 14.2 Å². The lowest BCUT2D eigenvalue weighted by molar-refractivity contribution is 0.0600. The van der Waals surface area contributed by atoms with Gasteiger partial charge in [0.15, 0.2) is 11.5 Å². The molecule has 0 fully saturated rings. The molecule has 32 heavy (non-hydrogen) atoms. The van der Waals surface area contributed by atoms with Crippen LogP contribution in [0.5, 0.6) is 17.2 Å². The van der Waals surface area contributed by atoms with Gasteiger partial charge >= 0.3 is 5.97 Å². The summed E-state index contributed by atoms with van der Waals surface area (Å²) in [5.74, 6) is 0.917. The fourth-order valence-corrected chi connectivity index (χ4v) is 4.56. The lowest BCUT2D eigenvalue weighted by atomic mass is 9.95. The Morgan fingerprint density at radius 2 is 1.47 bits per heavy atom. The SMILES string of the molecule is COC(=O)c1cc(Br)c(Oc2cc(C(C)C)c(OC)cc2C(=O)c2ccccc2)c(Br)c1. The van der Waals surface area contributed by atoms with Crippen molar-refractivity contribution in [1.29, 1.82) is 0 Å². The van der Waals surface area contributed by atoms with E-state index in [2.05, 4.69) is 31.9 Å². The summed E-state index contributed by atoms with van der Waals surface area (Å²) in [7, 11) is 2.90. The molecule has 0 aliphatic rings. The summed E-state index contributed by atoms with van der Waals surface area (Å²) in [5.41, 5.74) is 2.17. The van der Waals surface area contributed by atoms with Crippen molar-refractivity contribution in [2.75, 3.05) is 14.2 Å². The molecule has 0 bridgehead atoms. The van der Waals surface area contributed by atoms with Gasteiger partial charge < -0.3 is 14.2 Å². The minimum atomic E-state index is -0.468. The molecule has 3 aromatic rings. The average molecular weight is 562 g/mol. The predicted octanol–water partition coefficient (Wildman–Crippen LogP) is 7.15. The van der Waals surface area contributed by atoms with Crippen LogP contribution in [0.25, 0.3) is 0 Å². The van der Waals surface area contributed by atoms with E-state index >= 15 is 0 Å². The van der Waals surface area contributed by atoms with Crippen LogP contribution < -0.4 is 9.47 Å². The monoisotopic (exact) mass is 560 g/mol. The van der Waals surface area contributed by atoms with Crippen molar-refractivity contribution in [2.45, 2.75) is 19.8 Å². The van der Waals surface area contributed by atoms with E-state index in [1.807, 2.05) is 38.1 Å². The summed E-state index contributed by atoms with van der Waals surface area (Å²) in [5, 5.41) is 0. The molecule has 0 spiro atoms. The van der Waals surface area contributed by atoms with Crippen LogP contribution >= 0.6 is 31.9 Å². The first-order chi connectivity index (χ1) is 15.3. The lowest BCUT2D eigenvalue weighted by Gasteiger charge is -2.19. The molecule has 5 nitrogen and oxygen atoms in total. The van der Waals surface area contributed by atoms with Crippen LogP contribution in [0.3, 0.4) is 0 Å². The Kier molecular flexibility index (Phi) is 7.74. The van der Waals surface area contributed by atoms with Crippen LogP contribution in [0, 0.1) is 0 Å². The average Bonchev–Trinajstić information content (AvgIpc) is 2.80. The van der Waals surface area contributed by atoms with Crippen LogP contribution in [-0.4, -0.2) is 26.0 Å². The molecule has 0 aromatic heterocycles. The van der Waals surface area contributed by atoms with Gasteiger partial charge in [0.2, 0.25) is 0 Å². The Balaban J connectivity index is 2.15. The van der Waals surface area contributed by atoms with Gasteiger partial charge in [-0.25, -0.2) is 4.79 Å². The standard InChI is InChI=1S/C25H22Br2O5/c1-14(2)17-12-22(32-24-19(26)10-16(11-20(24)27)25(29)31-4)18(13-21(17)30-3)23(28)15-8-6-5-7-9-15/h5-14H,1-4H3. The molecule has 0 amide bonds. The maximum atomic E-state index is 13.3. The van der Waals surface area contributed by atoms with Crippen molar-refractivity contribution in [3.63, 3.8) is 0 Å². The minimum absolute atomic E-state index is 0.141. The highest BCUT2D eigenvalue weighted by atomic mass is 79.9. The fourth-order valence-electron chi connectivity index (χ4n) is 3.21. The smallest absolute Gasteiger partial charge is 0.337 e. The van der Waals surface area contributed by atoms with E-state index in [0.717, 1.165) is 5.56 Å². The van der Waals surface area contributed by atoms with E-state index < -0.39 is 5.97 Å². The number of methoxy groups -OCH3 is 2. The van der Waals surface area contributed by atoms with E-state index in [-0.39, 0.29) is 11.7 Å². The number of carbonyl (C=O) groups is 2. The lowest BCUT2D eigenvalue weighted by Crippen LogP contribution is -2.07. The third-order valence-corrected chi connectivity index (χ3v) is 6.04. The van der Waals surface area contributed by atoms with Gasteiger partial charge in [-0.2, -0.15) is 0 Å². The number of benzene rings is 3. The summed E-state index contributed by atoms with van der Waals surface area (Å²) in [6.07, 6.45) is 0. The Bertz CT molecular complexity index is 1130. The number of esters is 1. The van der Waals surface area contributed by atoms with Gasteiger partial charge in [0, 0.05) is 11.1 Å². The zero-order valence-electron chi connectivity index (χ0n) is 18.1. The fraction of sp³-hybridized carbons (Fsp3) is 0.200. The third-order valence-electron chi connectivity index (χ3n) is 4.87. The number of hydrogen-bond donors (Lipinski definition) is 0. The molecule has 0 unspecified atom stereocenters. The summed E-state index contributed by atoms with van der Waals surface area (Å²) in [6.45, 7) is 4.08. The van der Waals surface area contributed by atoms with Crippen molar-refractivity contribution in [3.05, 3.63) is 85.8 Å². The van der Waals surface area contributed by atoms with Crippen LogP contribution in [0.2, 0.25) is 0 Å². The highest BCUT2D eigenvalue weighted by Crippen LogP contribution is 2.42. The summed E-state index contributed by atoms with van der Waals surface area (Å²) >= 11 is 6.93. The Morgan fingerprint density at radius 1 is 0.844 bits per heavy atom. The van der Waals surface area contributed by atoms with Crippen molar-refractivity contribution in [2.24, 2.45) is 0 Å². The molecule has 0 N–H and O–H groups in total. The van der Waals surface area contributed by atoms with E-state index in [0.29, 0.717) is 42.9 Å². The van der Waals surface area contributed by atoms with Gasteiger partial charge in [0.05, 0.1) is 34.3 Å². The van der Waals surface area contributed by atoms with Gasteiger partial charge in [-0.05, 0) is 62.0 Å². The maximum absolute atomic E-state index is 13.3. The molecular formula is C25H22Br2O5. The third kappa shape index (κ3) is 5.05. The Morgan fingerprint density at radius 3 is 2.00 bits per heavy atom. The number of halogens is 2. The highest BCUT2D eigenvalue weighted by Gasteiger charge is 2.23. The number of ketones is 1. The zero-order chi connectivity index (χ0) is 23.4. The minimum Gasteiger partial charge on any atom is -0.496 e. The molecule has 0 aliphatic heterocycles. The first kappa shape index (κ1) is 24.0. The van der Waals surface area contributed by atoms with Crippen molar-refractivity contribution in [3.8, 4) is 17.2 Å².